The number of ether oxygens (including phenoxy) is 1. The molecule has 74 valence electrons. The maximum atomic E-state index is 11.1. The fourth-order valence-electron chi connectivity index (χ4n) is 0.872. The summed E-state index contributed by atoms with van der Waals surface area (Å²) in [5.74, 6) is -3.16. The van der Waals surface area contributed by atoms with E-state index in [0.717, 1.165) is 0 Å². The number of aliphatic carboxylic acids is 1. The minimum atomic E-state index is -1.22. The second kappa shape index (κ2) is 5.35. The van der Waals surface area contributed by atoms with E-state index < -0.39 is 17.9 Å². The van der Waals surface area contributed by atoms with Gasteiger partial charge >= 0.3 is 11.9 Å². The molecule has 0 saturated carbocycles. The number of carboxylic acids is 1. The van der Waals surface area contributed by atoms with Gasteiger partial charge in [0.1, 0.15) is 0 Å². The van der Waals surface area contributed by atoms with Crippen molar-refractivity contribution in [3.8, 4) is 0 Å². The summed E-state index contributed by atoms with van der Waals surface area (Å²) in [5, 5.41) is 8.71. The van der Waals surface area contributed by atoms with Crippen molar-refractivity contribution < 1.29 is 19.4 Å². The van der Waals surface area contributed by atoms with Crippen LogP contribution < -0.4 is 0 Å². The van der Waals surface area contributed by atoms with E-state index in [0.29, 0.717) is 12.0 Å². The maximum absolute atomic E-state index is 11.1. The maximum Gasteiger partial charge on any atom is 0.324 e. The molecule has 0 fully saturated rings. The Bertz CT molecular complexity index is 220. The van der Waals surface area contributed by atoms with Crippen LogP contribution in [0.4, 0.5) is 0 Å². The van der Waals surface area contributed by atoms with Gasteiger partial charge in [0.15, 0.2) is 5.92 Å². The zero-order valence-electron chi connectivity index (χ0n) is 7.87. The van der Waals surface area contributed by atoms with Crippen molar-refractivity contribution in [1.82, 2.24) is 0 Å². The Morgan fingerprint density at radius 1 is 1.46 bits per heavy atom. The molecule has 0 aliphatic carbocycles. The number of hydrogen-bond donors (Lipinski definition) is 1. The zero-order valence-corrected chi connectivity index (χ0v) is 7.87. The van der Waals surface area contributed by atoms with Crippen LogP contribution in [0.15, 0.2) is 12.2 Å². The lowest BCUT2D eigenvalue weighted by molar-refractivity contribution is -0.156. The number of carbonyl (C=O) groups excluding carboxylic acids is 1. The van der Waals surface area contributed by atoms with Crippen LogP contribution >= 0.6 is 0 Å². The van der Waals surface area contributed by atoms with Gasteiger partial charge in [0.05, 0.1) is 6.61 Å². The predicted molar refractivity (Wildman–Crippen MR) is 47.2 cm³/mol. The van der Waals surface area contributed by atoms with E-state index in [4.69, 9.17) is 5.11 Å². The lowest BCUT2D eigenvalue weighted by Crippen LogP contribution is -2.27. The third-order valence-corrected chi connectivity index (χ3v) is 1.63. The van der Waals surface area contributed by atoms with Gasteiger partial charge in [-0.05, 0) is 13.3 Å². The molecule has 0 aromatic carbocycles. The molecule has 0 bridgehead atoms. The van der Waals surface area contributed by atoms with Crippen molar-refractivity contribution in [3.63, 3.8) is 0 Å². The van der Waals surface area contributed by atoms with E-state index >= 15 is 0 Å². The number of hydrogen-bond acceptors (Lipinski definition) is 3. The van der Waals surface area contributed by atoms with Gasteiger partial charge < -0.3 is 9.84 Å². The highest BCUT2D eigenvalue weighted by atomic mass is 16.5. The molecule has 0 aromatic heterocycles. The first-order valence-corrected chi connectivity index (χ1v) is 4.11. The lowest BCUT2D eigenvalue weighted by Gasteiger charge is -2.11. The molecule has 0 aliphatic heterocycles. The van der Waals surface area contributed by atoms with Crippen molar-refractivity contribution in [2.75, 3.05) is 6.61 Å². The number of esters is 1. The average Bonchev–Trinajstić information content (AvgIpc) is 2.04. The van der Waals surface area contributed by atoms with Crippen LogP contribution in [0, 0.1) is 5.92 Å². The van der Waals surface area contributed by atoms with Crippen molar-refractivity contribution in [1.29, 1.82) is 0 Å². The first-order valence-electron chi connectivity index (χ1n) is 4.11. The Labute approximate surface area is 77.2 Å². The fourth-order valence-corrected chi connectivity index (χ4v) is 0.872. The second-order valence-corrected chi connectivity index (χ2v) is 2.54. The molecule has 4 heteroatoms. The highest BCUT2D eigenvalue weighted by molar-refractivity contribution is 5.97. The second-order valence-electron chi connectivity index (χ2n) is 2.54. The van der Waals surface area contributed by atoms with Gasteiger partial charge in [-0.1, -0.05) is 19.1 Å². The van der Waals surface area contributed by atoms with Gasteiger partial charge in [-0.2, -0.15) is 0 Å². The molecule has 1 atom stereocenters. The highest BCUT2D eigenvalue weighted by Gasteiger charge is 2.29. The number of rotatable bonds is 5. The Morgan fingerprint density at radius 3 is 2.31 bits per heavy atom. The summed E-state index contributed by atoms with van der Waals surface area (Å²) in [6.07, 6.45) is 0.454. The smallest absolute Gasteiger partial charge is 0.324 e. The molecule has 0 rings (SSSR count). The zero-order chi connectivity index (χ0) is 10.4. The molecule has 4 nitrogen and oxygen atoms in total. The quantitative estimate of drug-likeness (QED) is 0.398. The lowest BCUT2D eigenvalue weighted by atomic mass is 9.99. The molecule has 0 aliphatic rings. The minimum absolute atomic E-state index is 0.180. The van der Waals surface area contributed by atoms with E-state index in [1.807, 2.05) is 0 Å². The molecule has 0 spiro atoms. The first-order chi connectivity index (χ1) is 6.04. The molecule has 0 heterocycles. The SMILES string of the molecule is C=C(CC)C(C(=O)O)C(=O)OCC. The third-order valence-electron chi connectivity index (χ3n) is 1.63. The van der Waals surface area contributed by atoms with Gasteiger partial charge in [-0.3, -0.25) is 9.59 Å². The largest absolute Gasteiger partial charge is 0.480 e. The summed E-state index contributed by atoms with van der Waals surface area (Å²) in [6, 6.07) is 0. The van der Waals surface area contributed by atoms with Crippen LogP contribution in [0.2, 0.25) is 0 Å². The Hall–Kier alpha value is -1.32. The summed E-state index contributed by atoms with van der Waals surface area (Å²) in [4.78, 5) is 21.8. The van der Waals surface area contributed by atoms with E-state index in [-0.39, 0.29) is 6.61 Å². The first kappa shape index (κ1) is 11.7. The van der Waals surface area contributed by atoms with Crippen LogP contribution in [0.1, 0.15) is 20.3 Å². The summed E-state index contributed by atoms with van der Waals surface area (Å²) in [7, 11) is 0. The van der Waals surface area contributed by atoms with Crippen molar-refractivity contribution in [2.45, 2.75) is 20.3 Å². The Kier molecular flexibility index (Phi) is 4.80. The molecule has 1 N–H and O–H groups in total. The normalized spacial score (nSPS) is 11.8. The van der Waals surface area contributed by atoms with E-state index in [1.54, 1.807) is 13.8 Å². The minimum Gasteiger partial charge on any atom is -0.480 e. The highest BCUT2D eigenvalue weighted by Crippen LogP contribution is 2.14. The van der Waals surface area contributed by atoms with Crippen molar-refractivity contribution in [2.24, 2.45) is 5.92 Å². The van der Waals surface area contributed by atoms with Gasteiger partial charge in [0.25, 0.3) is 0 Å². The predicted octanol–water partition coefficient (Wildman–Crippen LogP) is 1.22. The average molecular weight is 186 g/mol. The van der Waals surface area contributed by atoms with Crippen LogP contribution in [-0.2, 0) is 14.3 Å². The standard InChI is InChI=1S/C9H14O4/c1-4-6(3)7(8(10)11)9(12)13-5-2/h7H,3-5H2,1-2H3,(H,10,11). The van der Waals surface area contributed by atoms with Gasteiger partial charge in [-0.25, -0.2) is 0 Å². The Balaban J connectivity index is 4.51. The molecule has 0 radical (unpaired) electrons. The Morgan fingerprint density at radius 2 is 2.00 bits per heavy atom. The van der Waals surface area contributed by atoms with Crippen LogP contribution in [0.25, 0.3) is 0 Å². The summed E-state index contributed by atoms with van der Waals surface area (Å²) in [6.45, 7) is 7.07. The molecule has 1 unspecified atom stereocenters. The van der Waals surface area contributed by atoms with Crippen LogP contribution in [0.3, 0.4) is 0 Å². The van der Waals surface area contributed by atoms with E-state index in [9.17, 15) is 9.59 Å². The van der Waals surface area contributed by atoms with Crippen molar-refractivity contribution >= 4 is 11.9 Å². The summed E-state index contributed by atoms with van der Waals surface area (Å²) < 4.78 is 4.61. The van der Waals surface area contributed by atoms with Gasteiger partial charge in [0, 0.05) is 0 Å². The molecular formula is C9H14O4. The number of carbonyl (C=O) groups is 2. The van der Waals surface area contributed by atoms with Crippen molar-refractivity contribution in [3.05, 3.63) is 12.2 Å². The van der Waals surface area contributed by atoms with Gasteiger partial charge in [-0.15, -0.1) is 0 Å². The topological polar surface area (TPSA) is 63.6 Å². The van der Waals surface area contributed by atoms with E-state index in [2.05, 4.69) is 11.3 Å². The molecular weight excluding hydrogens is 172 g/mol. The fraction of sp³-hybridized carbons (Fsp3) is 0.556. The monoisotopic (exact) mass is 186 g/mol. The van der Waals surface area contributed by atoms with Crippen LogP contribution in [0.5, 0.6) is 0 Å². The third kappa shape index (κ3) is 3.27. The molecule has 13 heavy (non-hydrogen) atoms. The van der Waals surface area contributed by atoms with Crippen LogP contribution in [-0.4, -0.2) is 23.7 Å². The summed E-state index contributed by atoms with van der Waals surface area (Å²) >= 11 is 0. The number of carboxylic acid groups (broad SMARTS) is 1. The molecule has 0 aromatic rings. The summed E-state index contributed by atoms with van der Waals surface area (Å²) in [5.41, 5.74) is 0.367. The van der Waals surface area contributed by atoms with E-state index in [1.165, 1.54) is 0 Å². The molecule has 0 saturated heterocycles. The van der Waals surface area contributed by atoms with Gasteiger partial charge in [0.2, 0.25) is 0 Å². The molecule has 0 amide bonds.